The Morgan fingerprint density at radius 3 is 1.46 bits per heavy atom. The molecule has 24 heavy (non-hydrogen) atoms. The minimum atomic E-state index is -0.422. The Bertz CT molecular complexity index is 755. The molecule has 0 fully saturated rings. The average Bonchev–Trinajstić information content (AvgIpc) is 2.57. The molecule has 0 bridgehead atoms. The maximum atomic E-state index is 11.6. The number of urea groups is 2. The fraction of sp³-hybridized carbons (Fsp3) is 0.143. The van der Waals surface area contributed by atoms with Gasteiger partial charge in [0.15, 0.2) is 0 Å². The molecule has 1 aromatic carbocycles. The quantitative estimate of drug-likeness (QED) is 0.761. The third kappa shape index (κ3) is 2.60. The predicted octanol–water partition coefficient (Wildman–Crippen LogP) is 1.14. The minimum absolute atomic E-state index is 0.354. The van der Waals surface area contributed by atoms with Gasteiger partial charge in [-0.15, -0.1) is 0 Å². The summed E-state index contributed by atoms with van der Waals surface area (Å²) in [6.07, 6.45) is 0. The van der Waals surface area contributed by atoms with E-state index in [2.05, 4.69) is 34.5 Å². The monoisotopic (exact) mass is 326 g/mol. The predicted molar refractivity (Wildman–Crippen MR) is 87.3 cm³/mol. The molecule has 122 valence electrons. The van der Waals surface area contributed by atoms with Crippen molar-refractivity contribution in [1.82, 2.24) is 10.0 Å². The van der Waals surface area contributed by atoms with Crippen LogP contribution in [0.1, 0.15) is 11.1 Å². The molecule has 0 atom stereocenters. The first-order valence-corrected chi connectivity index (χ1v) is 6.85. The lowest BCUT2D eigenvalue weighted by molar-refractivity contribution is -0.368. The van der Waals surface area contributed by atoms with Gasteiger partial charge in [-0.3, -0.25) is 21.1 Å². The third-order valence-electron chi connectivity index (χ3n) is 3.32. The van der Waals surface area contributed by atoms with E-state index in [-0.39, 0.29) is 0 Å². The molecule has 0 saturated heterocycles. The van der Waals surface area contributed by atoms with Gasteiger partial charge >= 0.3 is 12.1 Å². The average molecular weight is 326 g/mol. The Labute approximate surface area is 137 Å². The summed E-state index contributed by atoms with van der Waals surface area (Å²) in [5, 5.41) is 10.5. The summed E-state index contributed by atoms with van der Waals surface area (Å²) in [5.74, 6) is 0.708. The molecule has 0 N–H and O–H groups in total. The zero-order valence-corrected chi connectivity index (χ0v) is 13.1. The normalized spacial score (nSPS) is 18.1. The van der Waals surface area contributed by atoms with Crippen LogP contribution in [0.4, 0.5) is 9.59 Å². The summed E-state index contributed by atoms with van der Waals surface area (Å²) in [6, 6.07) is 6.20. The van der Waals surface area contributed by atoms with Crippen molar-refractivity contribution in [2.24, 2.45) is 10.2 Å². The van der Waals surface area contributed by atoms with Gasteiger partial charge in [0.05, 0.1) is 27.5 Å². The van der Waals surface area contributed by atoms with Gasteiger partial charge in [0, 0.05) is 11.7 Å². The highest BCUT2D eigenvalue weighted by Crippen LogP contribution is 2.18. The second-order valence-electron chi connectivity index (χ2n) is 5.04. The van der Waals surface area contributed by atoms with Gasteiger partial charge in [-0.1, -0.05) is 24.3 Å². The van der Waals surface area contributed by atoms with Gasteiger partial charge < -0.3 is 0 Å². The van der Waals surface area contributed by atoms with Crippen LogP contribution in [0.2, 0.25) is 0 Å². The van der Waals surface area contributed by atoms with E-state index < -0.39 is 12.1 Å². The summed E-state index contributed by atoms with van der Waals surface area (Å²) in [4.78, 5) is 23.1. The van der Waals surface area contributed by atoms with E-state index in [0.717, 1.165) is 19.4 Å². The van der Waals surface area contributed by atoms with Crippen molar-refractivity contribution in [3.63, 3.8) is 0 Å². The molecule has 10 nitrogen and oxygen atoms in total. The van der Waals surface area contributed by atoms with Crippen molar-refractivity contribution in [3.8, 4) is 0 Å². The van der Waals surface area contributed by atoms with Crippen LogP contribution >= 0.6 is 0 Å². The number of hydrogen-bond acceptors (Lipinski definition) is 4. The second kappa shape index (κ2) is 5.57. The van der Waals surface area contributed by atoms with Crippen LogP contribution in [0.5, 0.6) is 0 Å². The van der Waals surface area contributed by atoms with E-state index in [0.29, 0.717) is 22.8 Å². The molecule has 0 aromatic heterocycles. The van der Waals surface area contributed by atoms with Crippen molar-refractivity contribution < 1.29 is 19.0 Å². The van der Waals surface area contributed by atoms with Gasteiger partial charge in [-0.05, 0) is 11.1 Å². The lowest BCUT2D eigenvalue weighted by Gasteiger charge is -2.27. The van der Waals surface area contributed by atoms with E-state index in [4.69, 9.17) is 0 Å². The van der Waals surface area contributed by atoms with Crippen LogP contribution in [-0.4, -0.2) is 70.7 Å². The van der Waals surface area contributed by atoms with Crippen molar-refractivity contribution in [2.45, 2.75) is 0 Å². The number of nitrogens with zero attached hydrogens (tertiary/aromatic N) is 8. The maximum absolute atomic E-state index is 11.6. The summed E-state index contributed by atoms with van der Waals surface area (Å²) in [6.45, 7) is 7.06. The van der Waals surface area contributed by atoms with Crippen LogP contribution in [0.3, 0.4) is 0 Å². The molecule has 1 aromatic rings. The number of hydrazone groups is 2. The first-order valence-electron chi connectivity index (χ1n) is 6.85. The highest BCUT2D eigenvalue weighted by molar-refractivity contribution is 6.11. The van der Waals surface area contributed by atoms with Crippen molar-refractivity contribution in [3.05, 3.63) is 46.2 Å². The van der Waals surface area contributed by atoms with Gasteiger partial charge in [0.1, 0.15) is 0 Å². The second-order valence-corrected chi connectivity index (χ2v) is 5.04. The van der Waals surface area contributed by atoms with E-state index >= 15 is 0 Å². The highest BCUT2D eigenvalue weighted by atomic mass is 16.2. The van der Waals surface area contributed by atoms with Crippen molar-refractivity contribution in [2.75, 3.05) is 14.1 Å². The van der Waals surface area contributed by atoms with Crippen molar-refractivity contribution >= 4 is 37.2 Å². The Morgan fingerprint density at radius 1 is 0.833 bits per heavy atom. The van der Waals surface area contributed by atoms with Gasteiger partial charge in [-0.2, -0.15) is 29.0 Å². The zero-order valence-electron chi connectivity index (χ0n) is 13.1. The van der Waals surface area contributed by atoms with Crippen LogP contribution in [0.25, 0.3) is 10.9 Å². The molecule has 10 heteroatoms. The van der Waals surface area contributed by atoms with E-state index in [1.54, 1.807) is 24.3 Å². The molecule has 0 radical (unpaired) electrons. The number of amidine groups is 2. The molecule has 3 rings (SSSR count). The molecular formula is C14H14N8O2. The number of hydrogen-bond donors (Lipinski definition) is 0. The van der Waals surface area contributed by atoms with E-state index in [1.807, 2.05) is 0 Å². The first kappa shape index (κ1) is 15.3. The molecule has 0 saturated carbocycles. The minimum Gasteiger partial charge on any atom is -0.277 e. The Kier molecular flexibility index (Phi) is 3.56. The standard InChI is InChI=1S/C14H14N8O2/c1-19-13(23)20(2)16-11(15-19)9-5-7-10(8-6-9)12-17-21(3)14(24)22(4)18-12/h5-8H,1,3H2,2,4H3. The van der Waals surface area contributed by atoms with Gasteiger partial charge in [0.25, 0.3) is 0 Å². The fourth-order valence-electron chi connectivity index (χ4n) is 2.06. The van der Waals surface area contributed by atoms with Crippen LogP contribution in [-0.2, 0) is 0 Å². The third-order valence-corrected chi connectivity index (χ3v) is 3.32. The fourth-order valence-corrected chi connectivity index (χ4v) is 2.06. The maximum Gasteiger partial charge on any atom is 0.508 e. The molecular weight excluding hydrogens is 312 g/mol. The molecule has 0 unspecified atom stereocenters. The van der Waals surface area contributed by atoms with E-state index in [9.17, 15) is 9.59 Å². The first-order chi connectivity index (χ1) is 11.4. The summed E-state index contributed by atoms with van der Waals surface area (Å²) in [5.41, 5.74) is 9.42. The Morgan fingerprint density at radius 2 is 1.17 bits per heavy atom. The summed E-state index contributed by atoms with van der Waals surface area (Å²) >= 11 is 0. The lowest BCUT2D eigenvalue weighted by Crippen LogP contribution is -2.36. The molecule has 0 aliphatic carbocycles. The lowest BCUT2D eigenvalue weighted by atomic mass is 10.1. The number of benzene rings is 1. The Balaban J connectivity index is 1.87. The molecule has 2 heterocycles. The summed E-state index contributed by atoms with van der Waals surface area (Å²) in [7, 11) is 3.05. The van der Waals surface area contributed by atoms with Gasteiger partial charge in [0.2, 0.25) is 0 Å². The van der Waals surface area contributed by atoms with Gasteiger partial charge in [-0.25, -0.2) is 0 Å². The zero-order chi connectivity index (χ0) is 17.4. The highest BCUT2D eigenvalue weighted by Gasteiger charge is 2.23. The Hall–Kier alpha value is -3.56. The van der Waals surface area contributed by atoms with E-state index in [1.165, 1.54) is 14.1 Å². The molecule has 2 aliphatic heterocycles. The number of rotatable bonds is 2. The van der Waals surface area contributed by atoms with Crippen molar-refractivity contribution in [1.29, 1.82) is 0 Å². The van der Waals surface area contributed by atoms with Crippen LogP contribution in [0, 0.1) is 0 Å². The number of carbonyl (C=O) groups excluding carboxylic acids is 2. The SMILES string of the molecule is C=[N+]1[N-]C(c2ccc(C3=NN(C)C(=O)[N+](=C)[N-]3)cc2)=NN(C)C1=O. The van der Waals surface area contributed by atoms with Crippen LogP contribution in [0.15, 0.2) is 34.5 Å². The van der Waals surface area contributed by atoms with Crippen LogP contribution < -0.4 is 0 Å². The largest absolute Gasteiger partial charge is 0.508 e. The number of amides is 4. The smallest absolute Gasteiger partial charge is 0.277 e. The molecule has 2 aliphatic rings. The summed E-state index contributed by atoms with van der Waals surface area (Å²) < 4.78 is 1.94. The topological polar surface area (TPSA) is 99.6 Å². The molecule has 0 spiro atoms. The number of carbonyl (C=O) groups is 2. The molecule has 4 amide bonds.